The molecule has 4 aromatic rings. The molecule has 2 atom stereocenters. The van der Waals surface area contributed by atoms with E-state index in [1.54, 1.807) is 24.0 Å². The Bertz CT molecular complexity index is 1810. The number of carbonyl (C=O) groups is 3. The molecule has 2 aromatic carbocycles. The number of anilines is 2. The number of para-hydroxylation sites is 1. The Morgan fingerprint density at radius 1 is 0.830 bits per heavy atom. The number of likely N-dealkylation sites (tertiary alicyclic amines) is 1. The minimum absolute atomic E-state index is 0.0669. The Kier molecular flexibility index (Phi) is 13.4. The van der Waals surface area contributed by atoms with Crippen molar-refractivity contribution in [1.29, 1.82) is 0 Å². The van der Waals surface area contributed by atoms with Crippen LogP contribution < -0.4 is 16.4 Å². The molecule has 1 aliphatic heterocycles. The van der Waals surface area contributed by atoms with Gasteiger partial charge in [0.15, 0.2) is 0 Å². The lowest BCUT2D eigenvalue weighted by atomic mass is 9.94. The molecule has 0 spiro atoms. The van der Waals surface area contributed by atoms with E-state index in [1.165, 1.54) is 4.90 Å². The quantitative estimate of drug-likeness (QED) is 0.154. The van der Waals surface area contributed by atoms with Crippen molar-refractivity contribution in [2.24, 2.45) is 0 Å². The van der Waals surface area contributed by atoms with Crippen molar-refractivity contribution in [2.45, 2.75) is 37.4 Å². The van der Waals surface area contributed by atoms with Gasteiger partial charge in [-0.3, -0.25) is 10.2 Å². The van der Waals surface area contributed by atoms with Gasteiger partial charge in [0, 0.05) is 42.5 Å². The maximum absolute atomic E-state index is 13.3. The summed E-state index contributed by atoms with van der Waals surface area (Å²) in [6.45, 7) is 1.01. The van der Waals surface area contributed by atoms with Gasteiger partial charge >= 0.3 is 36.5 Å². The second-order valence-corrected chi connectivity index (χ2v) is 11.0. The van der Waals surface area contributed by atoms with E-state index in [0.717, 1.165) is 5.56 Å². The highest BCUT2D eigenvalue weighted by atomic mass is 19.4. The van der Waals surface area contributed by atoms with Gasteiger partial charge in [0.05, 0.1) is 18.3 Å². The Balaban J connectivity index is 0.000000458. The fraction of sp³-hybridized carbons (Fsp3) is 0.290. The van der Waals surface area contributed by atoms with Gasteiger partial charge in [0.25, 0.3) is 0 Å². The molecule has 1 fully saturated rings. The van der Waals surface area contributed by atoms with E-state index in [-0.39, 0.29) is 25.0 Å². The standard InChI is InChI=1S/C27H27F3N8O.2C2HF3O2/c1-17-23(19-12-32-25(31)33-13-19)36-38(20-10-6-3-7-11-20)24(17)35-26(39)34-22-15-37(16-27(28,29)30)14-21(22)18-8-4-2-5-9-18;2*3-2(4,5)1(6)7/h2-13,21-22H,14-16H2,1H3,(H2,31,32,33)(H2,34,35,39);2*(H,6,7)/t21-,22+;;/m1../s1. The zero-order valence-electron chi connectivity index (χ0n) is 27.0. The molecule has 2 amide bonds. The highest BCUT2D eigenvalue weighted by Crippen LogP contribution is 2.32. The zero-order valence-corrected chi connectivity index (χ0v) is 27.0. The minimum atomic E-state index is -5.08. The maximum atomic E-state index is 13.3. The fourth-order valence-corrected chi connectivity index (χ4v) is 4.90. The van der Waals surface area contributed by atoms with Crippen LogP contribution in [0.15, 0.2) is 73.1 Å². The molecule has 1 saturated heterocycles. The summed E-state index contributed by atoms with van der Waals surface area (Å²) in [6, 6.07) is 17.4. The van der Waals surface area contributed by atoms with E-state index in [1.807, 2.05) is 60.7 Å². The van der Waals surface area contributed by atoms with Crippen LogP contribution in [0.5, 0.6) is 0 Å². The first kappa shape index (κ1) is 41.5. The molecule has 13 nitrogen and oxygen atoms in total. The number of nitrogens with zero attached hydrogens (tertiary/aromatic N) is 5. The van der Waals surface area contributed by atoms with Gasteiger partial charge in [0.1, 0.15) is 11.5 Å². The number of carbonyl (C=O) groups excluding carboxylic acids is 1. The number of benzene rings is 2. The van der Waals surface area contributed by atoms with Crippen LogP contribution in [0, 0.1) is 6.92 Å². The third-order valence-corrected chi connectivity index (χ3v) is 7.13. The number of nitrogens with one attached hydrogen (secondary N) is 2. The SMILES string of the molecule is Cc1c(-c2cnc(N)nc2)nn(-c2ccccc2)c1NC(=O)N[C@H]1CN(CC(F)(F)F)C[C@@H]1c1ccccc1.O=C(O)C(F)(F)F.O=C(O)C(F)(F)F. The number of nitrogens with two attached hydrogens (primary N) is 1. The molecule has 5 rings (SSSR count). The molecular formula is C31H29F9N8O5. The molecule has 53 heavy (non-hydrogen) atoms. The first-order valence-electron chi connectivity index (χ1n) is 14.8. The number of aromatic nitrogens is 4. The monoisotopic (exact) mass is 764 g/mol. The number of aliphatic carboxylic acids is 2. The molecule has 1 aliphatic rings. The van der Waals surface area contributed by atoms with E-state index in [2.05, 4.69) is 20.6 Å². The molecule has 22 heteroatoms. The van der Waals surface area contributed by atoms with Crippen LogP contribution in [0.3, 0.4) is 0 Å². The van der Waals surface area contributed by atoms with Crippen LogP contribution in [0.1, 0.15) is 17.0 Å². The topological polar surface area (TPSA) is 189 Å². The summed E-state index contributed by atoms with van der Waals surface area (Å²) in [5.74, 6) is -5.28. The fourth-order valence-electron chi connectivity index (χ4n) is 4.90. The van der Waals surface area contributed by atoms with Gasteiger partial charge in [-0.1, -0.05) is 48.5 Å². The molecule has 3 heterocycles. The lowest BCUT2D eigenvalue weighted by Crippen LogP contribution is -2.43. The van der Waals surface area contributed by atoms with Crippen molar-refractivity contribution in [3.8, 4) is 16.9 Å². The van der Waals surface area contributed by atoms with Gasteiger partial charge < -0.3 is 21.3 Å². The number of rotatable bonds is 6. The summed E-state index contributed by atoms with van der Waals surface area (Å²) in [7, 11) is 0. The summed E-state index contributed by atoms with van der Waals surface area (Å²) in [4.78, 5) is 40.5. The molecule has 2 aromatic heterocycles. The van der Waals surface area contributed by atoms with E-state index in [9.17, 15) is 44.3 Å². The number of urea groups is 1. The van der Waals surface area contributed by atoms with E-state index in [4.69, 9.17) is 30.6 Å². The first-order chi connectivity index (χ1) is 24.6. The molecule has 0 saturated carbocycles. The average molecular weight is 765 g/mol. The van der Waals surface area contributed by atoms with Crippen LogP contribution in [0.4, 0.5) is 56.1 Å². The van der Waals surface area contributed by atoms with Gasteiger partial charge in [0.2, 0.25) is 5.95 Å². The van der Waals surface area contributed by atoms with Crippen LogP contribution in [-0.2, 0) is 9.59 Å². The number of nitrogen functional groups attached to an aromatic ring is 1. The molecule has 0 bridgehead atoms. The summed E-state index contributed by atoms with van der Waals surface area (Å²) in [6.07, 6.45) is -11.4. The molecule has 0 unspecified atom stereocenters. The van der Waals surface area contributed by atoms with Crippen molar-refractivity contribution in [3.63, 3.8) is 0 Å². The number of alkyl halides is 9. The van der Waals surface area contributed by atoms with Crippen LogP contribution in [0.25, 0.3) is 16.9 Å². The van der Waals surface area contributed by atoms with E-state index >= 15 is 0 Å². The third-order valence-electron chi connectivity index (χ3n) is 7.13. The van der Waals surface area contributed by atoms with Crippen molar-refractivity contribution in [3.05, 3.63) is 84.2 Å². The van der Waals surface area contributed by atoms with Crippen molar-refractivity contribution in [2.75, 3.05) is 30.7 Å². The number of carboxylic acid groups (broad SMARTS) is 2. The molecule has 6 N–H and O–H groups in total. The number of amides is 2. The zero-order chi connectivity index (χ0) is 39.7. The van der Waals surface area contributed by atoms with Crippen molar-refractivity contribution < 1.29 is 64.1 Å². The smallest absolute Gasteiger partial charge is 0.475 e. The van der Waals surface area contributed by atoms with Crippen molar-refractivity contribution >= 4 is 29.7 Å². The summed E-state index contributed by atoms with van der Waals surface area (Å²) >= 11 is 0. The van der Waals surface area contributed by atoms with Crippen LogP contribution in [0.2, 0.25) is 0 Å². The molecule has 0 aliphatic carbocycles. The Hall–Kier alpha value is -5.93. The second kappa shape index (κ2) is 17.1. The highest BCUT2D eigenvalue weighted by molar-refractivity contribution is 5.91. The maximum Gasteiger partial charge on any atom is 0.490 e. The second-order valence-electron chi connectivity index (χ2n) is 11.0. The molecule has 286 valence electrons. The number of hydrogen-bond donors (Lipinski definition) is 5. The molecule has 0 radical (unpaired) electrons. The predicted octanol–water partition coefficient (Wildman–Crippen LogP) is 5.64. The normalized spacial score (nSPS) is 16.0. The number of halogens is 9. The number of hydrogen-bond acceptors (Lipinski definition) is 8. The van der Waals surface area contributed by atoms with Crippen LogP contribution >= 0.6 is 0 Å². The Morgan fingerprint density at radius 2 is 1.32 bits per heavy atom. The van der Waals surface area contributed by atoms with E-state index in [0.29, 0.717) is 28.3 Å². The Labute approximate surface area is 293 Å². The summed E-state index contributed by atoms with van der Waals surface area (Å²) in [5.41, 5.74) is 9.02. The highest BCUT2D eigenvalue weighted by Gasteiger charge is 2.41. The predicted molar refractivity (Wildman–Crippen MR) is 169 cm³/mol. The largest absolute Gasteiger partial charge is 0.490 e. The Morgan fingerprint density at radius 3 is 1.79 bits per heavy atom. The van der Waals surface area contributed by atoms with Gasteiger partial charge in [-0.15, -0.1) is 0 Å². The number of carboxylic acids is 2. The van der Waals surface area contributed by atoms with Gasteiger partial charge in [-0.2, -0.15) is 44.6 Å². The lowest BCUT2D eigenvalue weighted by molar-refractivity contribution is -0.193. The van der Waals surface area contributed by atoms with Gasteiger partial charge in [-0.25, -0.2) is 29.0 Å². The van der Waals surface area contributed by atoms with E-state index < -0.39 is 49.1 Å². The summed E-state index contributed by atoms with van der Waals surface area (Å²) < 4.78 is 105. The van der Waals surface area contributed by atoms with Crippen LogP contribution in [-0.4, -0.2) is 97.0 Å². The van der Waals surface area contributed by atoms with Gasteiger partial charge in [-0.05, 0) is 24.6 Å². The lowest BCUT2D eigenvalue weighted by Gasteiger charge is -2.21. The molecular weight excluding hydrogens is 735 g/mol. The van der Waals surface area contributed by atoms with Crippen molar-refractivity contribution in [1.82, 2.24) is 30.0 Å². The first-order valence-corrected chi connectivity index (χ1v) is 14.8. The average Bonchev–Trinajstić information content (AvgIpc) is 3.60. The third kappa shape index (κ3) is 12.4. The minimum Gasteiger partial charge on any atom is -0.475 e. The summed E-state index contributed by atoms with van der Waals surface area (Å²) in [5, 5.41) is 24.7.